The molecule has 0 spiro atoms. The topological polar surface area (TPSA) is 20.3 Å². The second-order valence-corrected chi connectivity index (χ2v) is 3.81. The number of Topliss-reactive ketones (excluding diaryl/α,β-unsaturated/α-hetero) is 1. The lowest BCUT2D eigenvalue weighted by atomic mass is 10.2. The lowest BCUT2D eigenvalue weighted by Crippen LogP contribution is -2.29. The molecule has 0 aliphatic rings. The van der Waals surface area contributed by atoms with E-state index < -0.39 is 0 Å². The van der Waals surface area contributed by atoms with Gasteiger partial charge >= 0.3 is 0 Å². The van der Waals surface area contributed by atoms with Crippen LogP contribution in [-0.2, 0) is 4.79 Å². The van der Waals surface area contributed by atoms with Gasteiger partial charge in [0, 0.05) is 12.2 Å². The molecule has 1 aromatic rings. The molecular formula is C13H19NO. The summed E-state index contributed by atoms with van der Waals surface area (Å²) in [5, 5.41) is 0. The molecule has 0 fully saturated rings. The van der Waals surface area contributed by atoms with Crippen LogP contribution in [0.5, 0.6) is 0 Å². The molecule has 0 atom stereocenters. The second kappa shape index (κ2) is 6.23. The van der Waals surface area contributed by atoms with E-state index in [1.165, 1.54) is 0 Å². The molecule has 1 aromatic carbocycles. The fraction of sp³-hybridized carbons (Fsp3) is 0.462. The highest BCUT2D eigenvalue weighted by Crippen LogP contribution is 2.13. The zero-order valence-electron chi connectivity index (χ0n) is 9.57. The molecule has 0 amide bonds. The first-order valence-corrected chi connectivity index (χ1v) is 5.53. The summed E-state index contributed by atoms with van der Waals surface area (Å²) in [5.41, 5.74) is 1.14. The van der Waals surface area contributed by atoms with Gasteiger partial charge in [-0.15, -0.1) is 0 Å². The zero-order valence-corrected chi connectivity index (χ0v) is 9.57. The SMILES string of the molecule is CCCCN(CC(C)=O)c1ccccc1. The Morgan fingerprint density at radius 1 is 1.27 bits per heavy atom. The van der Waals surface area contributed by atoms with Crippen molar-refractivity contribution in [1.29, 1.82) is 0 Å². The largest absolute Gasteiger partial charge is 0.364 e. The third-order valence-electron chi connectivity index (χ3n) is 2.32. The van der Waals surface area contributed by atoms with Gasteiger partial charge in [0.15, 0.2) is 0 Å². The maximum Gasteiger partial charge on any atom is 0.149 e. The van der Waals surface area contributed by atoms with Gasteiger partial charge in [-0.1, -0.05) is 31.5 Å². The van der Waals surface area contributed by atoms with Crippen LogP contribution < -0.4 is 4.90 Å². The predicted octanol–water partition coefficient (Wildman–Crippen LogP) is 2.88. The van der Waals surface area contributed by atoms with Gasteiger partial charge in [0.2, 0.25) is 0 Å². The van der Waals surface area contributed by atoms with Crippen molar-refractivity contribution < 1.29 is 4.79 Å². The lowest BCUT2D eigenvalue weighted by Gasteiger charge is -2.23. The van der Waals surface area contributed by atoms with Crippen LogP contribution in [0.3, 0.4) is 0 Å². The highest BCUT2D eigenvalue weighted by atomic mass is 16.1. The molecule has 0 unspecified atom stereocenters. The van der Waals surface area contributed by atoms with Crippen molar-refractivity contribution in [3.8, 4) is 0 Å². The fourth-order valence-electron chi connectivity index (χ4n) is 1.56. The van der Waals surface area contributed by atoms with Crippen LogP contribution in [0.15, 0.2) is 30.3 Å². The molecule has 0 radical (unpaired) electrons. The number of ketones is 1. The third kappa shape index (κ3) is 4.15. The summed E-state index contributed by atoms with van der Waals surface area (Å²) in [7, 11) is 0. The normalized spacial score (nSPS) is 10.0. The van der Waals surface area contributed by atoms with Gasteiger partial charge < -0.3 is 4.90 Å². The van der Waals surface area contributed by atoms with E-state index in [-0.39, 0.29) is 5.78 Å². The average Bonchev–Trinajstić information content (AvgIpc) is 2.25. The Hall–Kier alpha value is -1.31. The number of anilines is 1. The summed E-state index contributed by atoms with van der Waals surface area (Å²) in [6, 6.07) is 10.1. The summed E-state index contributed by atoms with van der Waals surface area (Å²) < 4.78 is 0. The molecule has 0 saturated heterocycles. The fourth-order valence-corrected chi connectivity index (χ4v) is 1.56. The van der Waals surface area contributed by atoms with Crippen LogP contribution in [0.4, 0.5) is 5.69 Å². The second-order valence-electron chi connectivity index (χ2n) is 3.81. The minimum Gasteiger partial charge on any atom is -0.364 e. The number of nitrogens with zero attached hydrogens (tertiary/aromatic N) is 1. The van der Waals surface area contributed by atoms with Gasteiger partial charge in [-0.05, 0) is 25.5 Å². The molecule has 1 rings (SSSR count). The zero-order chi connectivity index (χ0) is 11.1. The number of para-hydroxylation sites is 1. The third-order valence-corrected chi connectivity index (χ3v) is 2.32. The Morgan fingerprint density at radius 2 is 1.93 bits per heavy atom. The highest BCUT2D eigenvalue weighted by molar-refractivity contribution is 5.80. The maximum atomic E-state index is 11.1. The van der Waals surface area contributed by atoms with Crippen molar-refractivity contribution in [2.24, 2.45) is 0 Å². The molecule has 82 valence electrons. The Labute approximate surface area is 91.9 Å². The molecule has 0 aromatic heterocycles. The quantitative estimate of drug-likeness (QED) is 0.711. The summed E-state index contributed by atoms with van der Waals surface area (Å²) in [6.45, 7) is 5.28. The van der Waals surface area contributed by atoms with Gasteiger partial charge in [-0.3, -0.25) is 4.79 Å². The van der Waals surface area contributed by atoms with Gasteiger partial charge in [0.25, 0.3) is 0 Å². The summed E-state index contributed by atoms with van der Waals surface area (Å²) in [6.07, 6.45) is 2.28. The average molecular weight is 205 g/mol. The summed E-state index contributed by atoms with van der Waals surface area (Å²) >= 11 is 0. The Balaban J connectivity index is 2.67. The first kappa shape index (κ1) is 11.8. The summed E-state index contributed by atoms with van der Waals surface area (Å²) in [5.74, 6) is 0.218. The molecule has 0 N–H and O–H groups in total. The molecule has 0 bridgehead atoms. The first-order valence-electron chi connectivity index (χ1n) is 5.53. The molecule has 2 heteroatoms. The number of unbranched alkanes of at least 4 members (excludes halogenated alkanes) is 1. The minimum absolute atomic E-state index is 0.218. The molecular weight excluding hydrogens is 186 g/mol. The van der Waals surface area contributed by atoms with E-state index in [2.05, 4.69) is 24.0 Å². The van der Waals surface area contributed by atoms with Gasteiger partial charge in [0.1, 0.15) is 5.78 Å². The van der Waals surface area contributed by atoms with Gasteiger partial charge in [0.05, 0.1) is 6.54 Å². The van der Waals surface area contributed by atoms with E-state index in [0.29, 0.717) is 6.54 Å². The highest BCUT2D eigenvalue weighted by Gasteiger charge is 2.07. The molecule has 2 nitrogen and oxygen atoms in total. The standard InChI is InChI=1S/C13H19NO/c1-3-4-10-14(11-12(2)15)13-8-6-5-7-9-13/h5-9H,3-4,10-11H2,1-2H3. The smallest absolute Gasteiger partial charge is 0.149 e. The minimum atomic E-state index is 0.218. The van der Waals surface area contributed by atoms with Crippen LogP contribution >= 0.6 is 0 Å². The van der Waals surface area contributed by atoms with Crippen LogP contribution in [-0.4, -0.2) is 18.9 Å². The van der Waals surface area contributed by atoms with E-state index >= 15 is 0 Å². The Bertz CT molecular complexity index is 295. The van der Waals surface area contributed by atoms with Crippen LogP contribution in [0.2, 0.25) is 0 Å². The van der Waals surface area contributed by atoms with E-state index in [1.807, 2.05) is 18.2 Å². The van der Waals surface area contributed by atoms with Crippen LogP contribution in [0.25, 0.3) is 0 Å². The number of benzene rings is 1. The monoisotopic (exact) mass is 205 g/mol. The van der Waals surface area contributed by atoms with E-state index in [4.69, 9.17) is 0 Å². The molecule has 0 aliphatic heterocycles. The lowest BCUT2D eigenvalue weighted by molar-refractivity contribution is -0.115. The Kier molecular flexibility index (Phi) is 4.88. The van der Waals surface area contributed by atoms with Crippen molar-refractivity contribution in [2.75, 3.05) is 18.0 Å². The number of hydrogen-bond acceptors (Lipinski definition) is 2. The van der Waals surface area contributed by atoms with Crippen LogP contribution in [0.1, 0.15) is 26.7 Å². The van der Waals surface area contributed by atoms with E-state index in [0.717, 1.165) is 25.1 Å². The number of hydrogen-bond donors (Lipinski definition) is 0. The molecule has 0 heterocycles. The molecule has 0 saturated carbocycles. The number of carbonyl (C=O) groups is 1. The first-order chi connectivity index (χ1) is 7.24. The summed E-state index contributed by atoms with van der Waals surface area (Å²) in [4.78, 5) is 13.3. The van der Waals surface area contributed by atoms with Crippen molar-refractivity contribution in [1.82, 2.24) is 0 Å². The van der Waals surface area contributed by atoms with Crippen molar-refractivity contribution in [2.45, 2.75) is 26.7 Å². The maximum absolute atomic E-state index is 11.1. The van der Waals surface area contributed by atoms with Gasteiger partial charge in [-0.2, -0.15) is 0 Å². The molecule has 0 aliphatic carbocycles. The number of rotatable bonds is 6. The van der Waals surface area contributed by atoms with Crippen molar-refractivity contribution >= 4 is 11.5 Å². The van der Waals surface area contributed by atoms with Crippen LogP contribution in [0, 0.1) is 0 Å². The van der Waals surface area contributed by atoms with Gasteiger partial charge in [-0.25, -0.2) is 0 Å². The van der Waals surface area contributed by atoms with E-state index in [1.54, 1.807) is 6.92 Å². The number of carbonyl (C=O) groups excluding carboxylic acids is 1. The molecule has 15 heavy (non-hydrogen) atoms. The van der Waals surface area contributed by atoms with Crippen molar-refractivity contribution in [3.05, 3.63) is 30.3 Å². The Morgan fingerprint density at radius 3 is 2.47 bits per heavy atom. The predicted molar refractivity (Wildman–Crippen MR) is 64.2 cm³/mol. The van der Waals surface area contributed by atoms with Crippen molar-refractivity contribution in [3.63, 3.8) is 0 Å². The van der Waals surface area contributed by atoms with E-state index in [9.17, 15) is 4.79 Å².